The van der Waals surface area contributed by atoms with Gasteiger partial charge in [0.1, 0.15) is 17.4 Å². The van der Waals surface area contributed by atoms with Gasteiger partial charge in [0.05, 0.1) is 6.26 Å². The van der Waals surface area contributed by atoms with Gasteiger partial charge in [-0.15, -0.1) is 0 Å². The van der Waals surface area contributed by atoms with Gasteiger partial charge < -0.3 is 9.47 Å². The summed E-state index contributed by atoms with van der Waals surface area (Å²) in [5.74, 6) is -8.79. The molecule has 1 aliphatic carbocycles. The van der Waals surface area contributed by atoms with Crippen LogP contribution in [0.5, 0.6) is 5.75 Å². The third kappa shape index (κ3) is 4.88. The molecule has 0 aromatic heterocycles. The Morgan fingerprint density at radius 1 is 0.853 bits per heavy atom. The third-order valence-electron chi connectivity index (χ3n) is 6.61. The molecule has 1 unspecified atom stereocenters. The molecular weight excluding hydrogens is 465 g/mol. The average molecular weight is 488 g/mol. The van der Waals surface area contributed by atoms with Crippen LogP contribution in [-0.4, -0.2) is 6.10 Å². The molecule has 0 saturated heterocycles. The van der Waals surface area contributed by atoms with Gasteiger partial charge in [0, 0.05) is 17.7 Å². The minimum absolute atomic E-state index is 0.0161. The van der Waals surface area contributed by atoms with Crippen molar-refractivity contribution in [2.45, 2.75) is 57.7 Å². The van der Waals surface area contributed by atoms with Gasteiger partial charge in [-0.1, -0.05) is 25.8 Å². The first-order valence-electron chi connectivity index (χ1n) is 11.1. The van der Waals surface area contributed by atoms with Crippen LogP contribution in [0, 0.1) is 40.9 Å². The first kappa shape index (κ1) is 24.4. The molecule has 184 valence electrons. The fourth-order valence-electron chi connectivity index (χ4n) is 4.61. The SMILES string of the molecule is CC1CCC(C2CCC(c3ccc(C(F)(F)Oc4cc(F)c(F)c(F)c4)c(F)c3F)=CO2)CC1. The maximum absolute atomic E-state index is 14.8. The minimum Gasteiger partial charge on any atom is -0.497 e. The smallest absolute Gasteiger partial charge is 0.429 e. The molecule has 0 spiro atoms. The van der Waals surface area contributed by atoms with Gasteiger partial charge in [-0.05, 0) is 49.2 Å². The molecule has 2 nitrogen and oxygen atoms in total. The number of ether oxygens (including phenoxy) is 2. The van der Waals surface area contributed by atoms with Crippen LogP contribution in [0.1, 0.15) is 56.6 Å². The van der Waals surface area contributed by atoms with Crippen LogP contribution in [-0.2, 0) is 10.8 Å². The molecule has 0 N–H and O–H groups in total. The zero-order valence-corrected chi connectivity index (χ0v) is 18.3. The van der Waals surface area contributed by atoms with Crippen LogP contribution in [0.3, 0.4) is 0 Å². The van der Waals surface area contributed by atoms with Gasteiger partial charge in [0.25, 0.3) is 0 Å². The molecule has 9 heteroatoms. The highest BCUT2D eigenvalue weighted by Crippen LogP contribution is 2.40. The zero-order valence-electron chi connectivity index (χ0n) is 18.3. The molecule has 0 bridgehead atoms. The largest absolute Gasteiger partial charge is 0.497 e. The Morgan fingerprint density at radius 2 is 1.50 bits per heavy atom. The fourth-order valence-corrected chi connectivity index (χ4v) is 4.61. The van der Waals surface area contributed by atoms with E-state index >= 15 is 0 Å². The molecule has 34 heavy (non-hydrogen) atoms. The molecule has 4 rings (SSSR count). The average Bonchev–Trinajstić information content (AvgIpc) is 2.79. The number of hydrogen-bond acceptors (Lipinski definition) is 2. The minimum atomic E-state index is -4.49. The van der Waals surface area contributed by atoms with E-state index in [4.69, 9.17) is 4.74 Å². The second-order valence-corrected chi connectivity index (χ2v) is 8.98. The van der Waals surface area contributed by atoms with Crippen LogP contribution in [0.2, 0.25) is 0 Å². The van der Waals surface area contributed by atoms with E-state index < -0.39 is 46.5 Å². The van der Waals surface area contributed by atoms with E-state index in [-0.39, 0.29) is 23.8 Å². The fraction of sp³-hybridized carbons (Fsp3) is 0.440. The Balaban J connectivity index is 1.52. The summed E-state index contributed by atoms with van der Waals surface area (Å²) in [5, 5.41) is 0. The zero-order chi connectivity index (χ0) is 24.6. The first-order chi connectivity index (χ1) is 16.1. The Labute approximate surface area is 192 Å². The summed E-state index contributed by atoms with van der Waals surface area (Å²) in [7, 11) is 0. The Hall–Kier alpha value is -2.71. The van der Waals surface area contributed by atoms with Crippen LogP contribution in [0.15, 0.2) is 30.5 Å². The lowest BCUT2D eigenvalue weighted by molar-refractivity contribution is -0.188. The lowest BCUT2D eigenvalue weighted by Crippen LogP contribution is -2.28. The molecule has 2 aliphatic rings. The molecule has 1 saturated carbocycles. The van der Waals surface area contributed by atoms with Crippen LogP contribution in [0.25, 0.3) is 5.57 Å². The second-order valence-electron chi connectivity index (χ2n) is 8.98. The number of benzene rings is 2. The molecule has 1 aliphatic heterocycles. The van der Waals surface area contributed by atoms with Gasteiger partial charge in [-0.3, -0.25) is 0 Å². The van der Waals surface area contributed by atoms with E-state index in [1.807, 2.05) is 0 Å². The van der Waals surface area contributed by atoms with Gasteiger partial charge in [-0.2, -0.15) is 8.78 Å². The summed E-state index contributed by atoms with van der Waals surface area (Å²) in [6, 6.07) is 1.99. The van der Waals surface area contributed by atoms with E-state index in [9.17, 15) is 30.7 Å². The van der Waals surface area contributed by atoms with Crippen molar-refractivity contribution in [2.75, 3.05) is 0 Å². The number of alkyl halides is 2. The number of hydrogen-bond donors (Lipinski definition) is 0. The Morgan fingerprint density at radius 3 is 2.09 bits per heavy atom. The van der Waals surface area contributed by atoms with E-state index in [1.165, 1.54) is 6.26 Å². The molecule has 1 fully saturated rings. The Kier molecular flexibility index (Phi) is 6.82. The maximum Gasteiger partial charge on any atom is 0.429 e. The Bertz CT molecular complexity index is 1070. The predicted octanol–water partition coefficient (Wildman–Crippen LogP) is 7.86. The summed E-state index contributed by atoms with van der Waals surface area (Å²) < 4.78 is 108. The van der Waals surface area contributed by atoms with Gasteiger partial charge in [-0.25, -0.2) is 22.0 Å². The van der Waals surface area contributed by atoms with Crippen LogP contribution >= 0.6 is 0 Å². The number of allylic oxidation sites excluding steroid dienone is 1. The van der Waals surface area contributed by atoms with Crippen molar-refractivity contribution in [3.8, 4) is 5.75 Å². The van der Waals surface area contributed by atoms with E-state index in [2.05, 4.69) is 11.7 Å². The van der Waals surface area contributed by atoms with Crippen molar-refractivity contribution < 1.29 is 40.2 Å². The van der Waals surface area contributed by atoms with Gasteiger partial charge in [0.2, 0.25) is 0 Å². The monoisotopic (exact) mass is 488 g/mol. The summed E-state index contributed by atoms with van der Waals surface area (Å²) in [6.45, 7) is 2.21. The predicted molar refractivity (Wildman–Crippen MR) is 110 cm³/mol. The second kappa shape index (κ2) is 9.50. The highest BCUT2D eigenvalue weighted by atomic mass is 19.3. The van der Waals surface area contributed by atoms with Crippen molar-refractivity contribution in [2.24, 2.45) is 11.8 Å². The van der Waals surface area contributed by atoms with Gasteiger partial charge >= 0.3 is 6.11 Å². The standard InChI is InChI=1S/C25H23F7O2/c1-13-2-4-14(5-3-13)21-9-6-15(12-33-21)17-7-8-18(23(29)22(17)28)25(31,32)34-16-10-19(26)24(30)20(27)11-16/h7-8,10-14,21H,2-6,9H2,1H3. The topological polar surface area (TPSA) is 18.5 Å². The van der Waals surface area contributed by atoms with Crippen molar-refractivity contribution in [3.05, 3.63) is 70.7 Å². The lowest BCUT2D eigenvalue weighted by atomic mass is 9.78. The van der Waals surface area contributed by atoms with Crippen molar-refractivity contribution >= 4 is 5.57 Å². The normalized spacial score (nSPS) is 23.3. The highest BCUT2D eigenvalue weighted by molar-refractivity contribution is 5.66. The molecule has 2 aromatic rings. The summed E-state index contributed by atoms with van der Waals surface area (Å²) >= 11 is 0. The number of halogens is 7. The van der Waals surface area contributed by atoms with Crippen molar-refractivity contribution in [1.82, 2.24) is 0 Å². The lowest BCUT2D eigenvalue weighted by Gasteiger charge is -2.34. The molecule has 2 aromatic carbocycles. The van der Waals surface area contributed by atoms with Crippen LogP contribution < -0.4 is 4.74 Å². The number of rotatable bonds is 5. The quantitative estimate of drug-likeness (QED) is 0.315. The van der Waals surface area contributed by atoms with E-state index in [1.54, 1.807) is 0 Å². The van der Waals surface area contributed by atoms with E-state index in [0.29, 0.717) is 36.3 Å². The van der Waals surface area contributed by atoms with E-state index in [0.717, 1.165) is 31.7 Å². The highest BCUT2D eigenvalue weighted by Gasteiger charge is 2.40. The summed E-state index contributed by atoms with van der Waals surface area (Å²) in [5.41, 5.74) is -1.34. The molecule has 1 atom stereocenters. The van der Waals surface area contributed by atoms with Crippen LogP contribution in [0.4, 0.5) is 30.7 Å². The molecule has 0 amide bonds. The maximum atomic E-state index is 14.8. The first-order valence-corrected chi connectivity index (χ1v) is 11.1. The molecule has 0 radical (unpaired) electrons. The third-order valence-corrected chi connectivity index (χ3v) is 6.61. The summed E-state index contributed by atoms with van der Waals surface area (Å²) in [6.07, 6.45) is 2.20. The van der Waals surface area contributed by atoms with Crippen molar-refractivity contribution in [3.63, 3.8) is 0 Å². The van der Waals surface area contributed by atoms with Gasteiger partial charge in [0.15, 0.2) is 29.1 Å². The molecular formula is C25H23F7O2. The molecule has 1 heterocycles. The van der Waals surface area contributed by atoms with Crippen molar-refractivity contribution in [1.29, 1.82) is 0 Å². The summed E-state index contributed by atoms with van der Waals surface area (Å²) in [4.78, 5) is 0.